The first kappa shape index (κ1) is 13.6. The molecule has 0 aromatic rings. The van der Waals surface area contributed by atoms with Crippen LogP contribution in [0, 0.1) is 5.41 Å². The normalized spacial score (nSPS) is 10.4. The van der Waals surface area contributed by atoms with Gasteiger partial charge in [0.1, 0.15) is 0 Å². The fourth-order valence-corrected chi connectivity index (χ4v) is 1.21. The second kappa shape index (κ2) is 8.10. The van der Waals surface area contributed by atoms with Crippen molar-refractivity contribution < 1.29 is 0 Å². The summed E-state index contributed by atoms with van der Waals surface area (Å²) >= 11 is 0. The molecule has 0 bridgehead atoms. The molecule has 0 N–H and O–H groups in total. The van der Waals surface area contributed by atoms with Crippen molar-refractivity contribution in [1.82, 2.24) is 0 Å². The summed E-state index contributed by atoms with van der Waals surface area (Å²) < 4.78 is 0. The summed E-state index contributed by atoms with van der Waals surface area (Å²) in [6.07, 6.45) is 5.38. The average molecular weight is 158 g/mol. The Morgan fingerprint density at radius 2 is 1.27 bits per heavy atom. The fourth-order valence-electron chi connectivity index (χ4n) is 1.21. The first-order valence-corrected chi connectivity index (χ1v) is 5.18. The fraction of sp³-hybridized carbons (Fsp3) is 1.00. The largest absolute Gasteiger partial charge is 0.0683 e. The predicted octanol–water partition coefficient (Wildman–Crippen LogP) is 4.64. The maximum absolute atomic E-state index is 2.39. The molecule has 0 heteroatoms. The number of hydrogen-bond donors (Lipinski definition) is 0. The van der Waals surface area contributed by atoms with Crippen LogP contribution in [0.25, 0.3) is 0 Å². The third-order valence-electron chi connectivity index (χ3n) is 2.56. The van der Waals surface area contributed by atoms with Gasteiger partial charge in [0.15, 0.2) is 0 Å². The highest BCUT2D eigenvalue weighted by Gasteiger charge is 2.16. The van der Waals surface area contributed by atoms with Crippen LogP contribution in [0.5, 0.6) is 0 Å². The lowest BCUT2D eigenvalue weighted by molar-refractivity contribution is 0.270. The SMILES string of the molecule is CC.CCCC(C)(CC)CC. The van der Waals surface area contributed by atoms with Crippen molar-refractivity contribution in [1.29, 1.82) is 0 Å². The first-order chi connectivity index (χ1) is 5.18. The zero-order valence-electron chi connectivity index (χ0n) is 9.33. The zero-order chi connectivity index (χ0) is 9.33. The van der Waals surface area contributed by atoms with Gasteiger partial charge in [0, 0.05) is 0 Å². The van der Waals surface area contributed by atoms with Crippen molar-refractivity contribution in [3.8, 4) is 0 Å². The molecular weight excluding hydrogens is 132 g/mol. The van der Waals surface area contributed by atoms with Crippen LogP contribution in [-0.2, 0) is 0 Å². The van der Waals surface area contributed by atoms with E-state index in [0.29, 0.717) is 5.41 Å². The van der Waals surface area contributed by atoms with Crippen molar-refractivity contribution >= 4 is 0 Å². The Morgan fingerprint density at radius 1 is 0.909 bits per heavy atom. The van der Waals surface area contributed by atoms with Gasteiger partial charge in [-0.1, -0.05) is 60.8 Å². The van der Waals surface area contributed by atoms with E-state index < -0.39 is 0 Å². The number of rotatable bonds is 4. The summed E-state index contributed by atoms with van der Waals surface area (Å²) in [6, 6.07) is 0. The maximum atomic E-state index is 2.39. The molecule has 70 valence electrons. The molecule has 0 aliphatic heterocycles. The van der Waals surface area contributed by atoms with Crippen molar-refractivity contribution in [2.24, 2.45) is 5.41 Å². The summed E-state index contributed by atoms with van der Waals surface area (Å²) in [5, 5.41) is 0. The Kier molecular flexibility index (Phi) is 10.0. The van der Waals surface area contributed by atoms with Gasteiger partial charge in [-0.15, -0.1) is 0 Å². The first-order valence-electron chi connectivity index (χ1n) is 5.18. The molecule has 0 saturated heterocycles. The summed E-state index contributed by atoms with van der Waals surface area (Å²) in [7, 11) is 0. The minimum atomic E-state index is 0.634. The summed E-state index contributed by atoms with van der Waals surface area (Å²) in [5.74, 6) is 0. The molecule has 0 aromatic carbocycles. The van der Waals surface area contributed by atoms with Gasteiger partial charge in [0.2, 0.25) is 0 Å². The molecule has 0 aromatic heterocycles. The minimum absolute atomic E-state index is 0.634. The molecule has 0 atom stereocenters. The van der Waals surface area contributed by atoms with Crippen molar-refractivity contribution in [3.05, 3.63) is 0 Å². The molecule has 0 saturated carbocycles. The quantitative estimate of drug-likeness (QED) is 0.559. The van der Waals surface area contributed by atoms with E-state index in [4.69, 9.17) is 0 Å². The van der Waals surface area contributed by atoms with Crippen LogP contribution in [-0.4, -0.2) is 0 Å². The van der Waals surface area contributed by atoms with Gasteiger partial charge in [-0.2, -0.15) is 0 Å². The van der Waals surface area contributed by atoms with Crippen LogP contribution in [0.1, 0.15) is 67.2 Å². The molecule has 0 nitrogen and oxygen atoms in total. The molecule has 0 heterocycles. The molecule has 0 unspecified atom stereocenters. The lowest BCUT2D eigenvalue weighted by Gasteiger charge is -2.25. The predicted molar refractivity (Wildman–Crippen MR) is 54.9 cm³/mol. The second-order valence-corrected chi connectivity index (χ2v) is 3.27. The Labute approximate surface area is 73.4 Å². The number of hydrogen-bond acceptors (Lipinski definition) is 0. The molecule has 0 rings (SSSR count). The second-order valence-electron chi connectivity index (χ2n) is 3.27. The van der Waals surface area contributed by atoms with E-state index in [1.165, 1.54) is 25.7 Å². The average Bonchev–Trinajstić information content (AvgIpc) is 2.08. The lowest BCUT2D eigenvalue weighted by Crippen LogP contribution is -2.12. The Hall–Kier alpha value is 0. The van der Waals surface area contributed by atoms with Crippen LogP contribution in [0.2, 0.25) is 0 Å². The van der Waals surface area contributed by atoms with E-state index in [9.17, 15) is 0 Å². The molecule has 0 radical (unpaired) electrons. The van der Waals surface area contributed by atoms with E-state index in [1.54, 1.807) is 0 Å². The summed E-state index contributed by atoms with van der Waals surface area (Å²) in [6.45, 7) is 13.2. The van der Waals surface area contributed by atoms with Crippen molar-refractivity contribution in [2.75, 3.05) is 0 Å². The van der Waals surface area contributed by atoms with Gasteiger partial charge >= 0.3 is 0 Å². The third-order valence-corrected chi connectivity index (χ3v) is 2.56. The summed E-state index contributed by atoms with van der Waals surface area (Å²) in [5.41, 5.74) is 0.634. The van der Waals surface area contributed by atoms with Crippen LogP contribution in [0.15, 0.2) is 0 Å². The van der Waals surface area contributed by atoms with Gasteiger partial charge in [-0.25, -0.2) is 0 Å². The van der Waals surface area contributed by atoms with E-state index >= 15 is 0 Å². The van der Waals surface area contributed by atoms with Gasteiger partial charge in [-0.05, 0) is 11.8 Å². The molecule has 0 spiro atoms. The van der Waals surface area contributed by atoms with E-state index in [0.717, 1.165) is 0 Å². The molecule has 0 amide bonds. The van der Waals surface area contributed by atoms with Crippen molar-refractivity contribution in [2.45, 2.75) is 67.2 Å². The monoisotopic (exact) mass is 158 g/mol. The van der Waals surface area contributed by atoms with Crippen LogP contribution in [0.3, 0.4) is 0 Å². The Bertz CT molecular complexity index is 60.4. The molecule has 0 aliphatic carbocycles. The minimum Gasteiger partial charge on any atom is -0.0683 e. The summed E-state index contributed by atoms with van der Waals surface area (Å²) in [4.78, 5) is 0. The van der Waals surface area contributed by atoms with Gasteiger partial charge in [-0.3, -0.25) is 0 Å². The van der Waals surface area contributed by atoms with Crippen LogP contribution in [0.4, 0.5) is 0 Å². The standard InChI is InChI=1S/C9H20.C2H6/c1-5-8-9(4,6-2)7-3;1-2/h5-8H2,1-4H3;1-2H3. The van der Waals surface area contributed by atoms with Crippen LogP contribution < -0.4 is 0 Å². The van der Waals surface area contributed by atoms with Gasteiger partial charge in [0.05, 0.1) is 0 Å². The molecule has 0 aliphatic rings. The molecule has 0 fully saturated rings. The van der Waals surface area contributed by atoms with Gasteiger partial charge < -0.3 is 0 Å². The molecule has 11 heavy (non-hydrogen) atoms. The molecular formula is C11H26. The third kappa shape index (κ3) is 6.40. The highest BCUT2D eigenvalue weighted by Crippen LogP contribution is 2.30. The van der Waals surface area contributed by atoms with Gasteiger partial charge in [0.25, 0.3) is 0 Å². The van der Waals surface area contributed by atoms with E-state index in [2.05, 4.69) is 27.7 Å². The van der Waals surface area contributed by atoms with Crippen molar-refractivity contribution in [3.63, 3.8) is 0 Å². The maximum Gasteiger partial charge on any atom is -0.0331 e. The Morgan fingerprint density at radius 3 is 1.36 bits per heavy atom. The topological polar surface area (TPSA) is 0 Å². The lowest BCUT2D eigenvalue weighted by atomic mass is 9.81. The van der Waals surface area contributed by atoms with E-state index in [-0.39, 0.29) is 0 Å². The Balaban J connectivity index is 0. The smallest absolute Gasteiger partial charge is 0.0331 e. The highest BCUT2D eigenvalue weighted by molar-refractivity contribution is 4.69. The zero-order valence-corrected chi connectivity index (χ0v) is 9.33. The van der Waals surface area contributed by atoms with Crippen LogP contribution >= 0.6 is 0 Å². The highest BCUT2D eigenvalue weighted by atomic mass is 14.2. The van der Waals surface area contributed by atoms with E-state index in [1.807, 2.05) is 13.8 Å².